The van der Waals surface area contributed by atoms with Gasteiger partial charge in [0.25, 0.3) is 5.91 Å². The van der Waals surface area contributed by atoms with Crippen LogP contribution in [0.4, 0.5) is 8.78 Å². The molecule has 1 unspecified atom stereocenters. The third kappa shape index (κ3) is 3.11. The first-order valence-corrected chi connectivity index (χ1v) is 10.3. The predicted molar refractivity (Wildman–Crippen MR) is 109 cm³/mol. The second-order valence-corrected chi connectivity index (χ2v) is 8.25. The molecule has 2 saturated heterocycles. The Hall–Kier alpha value is -3.20. The highest BCUT2D eigenvalue weighted by atomic mass is 19.1. The van der Waals surface area contributed by atoms with E-state index in [-0.39, 0.29) is 23.8 Å². The first-order valence-electron chi connectivity index (χ1n) is 10.3. The molecule has 1 aromatic heterocycles. The first kappa shape index (κ1) is 19.7. The van der Waals surface area contributed by atoms with E-state index in [4.69, 9.17) is 0 Å². The number of amides is 1. The van der Waals surface area contributed by atoms with Gasteiger partial charge in [0.1, 0.15) is 29.1 Å². The summed E-state index contributed by atoms with van der Waals surface area (Å²) in [7, 11) is 0. The Balaban J connectivity index is 1.43. The zero-order chi connectivity index (χ0) is 21.9. The van der Waals surface area contributed by atoms with Gasteiger partial charge >= 0.3 is 0 Å². The van der Waals surface area contributed by atoms with Gasteiger partial charge in [0, 0.05) is 43.5 Å². The number of fused-ring (bicyclic) bond motifs is 4. The number of benzene rings is 1. The molecule has 0 aliphatic carbocycles. The van der Waals surface area contributed by atoms with Gasteiger partial charge in [-0.25, -0.2) is 8.78 Å². The number of aromatic hydroxyl groups is 1. The minimum Gasteiger partial charge on any atom is -0.503 e. The molecule has 1 amide bonds. The number of hydrogen-bond donors (Lipinski definition) is 2. The van der Waals surface area contributed by atoms with Gasteiger partial charge in [0.15, 0.2) is 5.75 Å². The Bertz CT molecular complexity index is 1160. The fraction of sp³-hybridized carbons (Fsp3) is 0.364. The van der Waals surface area contributed by atoms with Gasteiger partial charge in [-0.1, -0.05) is 12.6 Å². The van der Waals surface area contributed by atoms with E-state index in [1.54, 1.807) is 4.57 Å². The van der Waals surface area contributed by atoms with Crippen LogP contribution in [0.3, 0.4) is 0 Å². The molecule has 2 atom stereocenters. The summed E-state index contributed by atoms with van der Waals surface area (Å²) < 4.78 is 28.6. The lowest BCUT2D eigenvalue weighted by atomic mass is 10.1. The maximum absolute atomic E-state index is 13.8. The van der Waals surface area contributed by atoms with E-state index in [0.29, 0.717) is 24.0 Å². The van der Waals surface area contributed by atoms with Gasteiger partial charge in [-0.2, -0.15) is 0 Å². The summed E-state index contributed by atoms with van der Waals surface area (Å²) in [4.78, 5) is 29.9. The smallest absolute Gasteiger partial charge is 0.257 e. The Morgan fingerprint density at radius 2 is 2.10 bits per heavy atom. The van der Waals surface area contributed by atoms with Crippen LogP contribution in [0.5, 0.6) is 5.75 Å². The molecule has 31 heavy (non-hydrogen) atoms. The molecular formula is C22H22F2N4O3. The van der Waals surface area contributed by atoms with Crippen LogP contribution in [0, 0.1) is 11.6 Å². The lowest BCUT2D eigenvalue weighted by Crippen LogP contribution is -2.46. The van der Waals surface area contributed by atoms with Crippen molar-refractivity contribution in [3.63, 3.8) is 0 Å². The molecule has 3 aliphatic heterocycles. The number of hydrogen-bond acceptors (Lipinski definition) is 5. The Morgan fingerprint density at radius 3 is 2.87 bits per heavy atom. The second-order valence-electron chi connectivity index (χ2n) is 8.25. The number of carbonyl (C=O) groups is 1. The second kappa shape index (κ2) is 7.19. The van der Waals surface area contributed by atoms with Gasteiger partial charge in [0.2, 0.25) is 5.43 Å². The molecule has 4 heterocycles. The zero-order valence-electron chi connectivity index (χ0n) is 16.8. The highest BCUT2D eigenvalue weighted by Crippen LogP contribution is 2.40. The van der Waals surface area contributed by atoms with Crippen molar-refractivity contribution < 1.29 is 18.7 Å². The van der Waals surface area contributed by atoms with E-state index >= 15 is 0 Å². The molecule has 0 saturated carbocycles. The Morgan fingerprint density at radius 1 is 1.29 bits per heavy atom. The van der Waals surface area contributed by atoms with Crippen LogP contribution in [0.25, 0.3) is 5.70 Å². The number of pyridine rings is 1. The van der Waals surface area contributed by atoms with Crippen molar-refractivity contribution in [2.24, 2.45) is 0 Å². The molecule has 3 aliphatic rings. The summed E-state index contributed by atoms with van der Waals surface area (Å²) in [5, 5.41) is 13.1. The summed E-state index contributed by atoms with van der Waals surface area (Å²) in [6, 6.07) is 3.48. The summed E-state index contributed by atoms with van der Waals surface area (Å²) in [6.45, 7) is 6.17. The van der Waals surface area contributed by atoms with Crippen molar-refractivity contribution in [1.82, 2.24) is 19.7 Å². The SMILES string of the molecule is C=C1c2c(O)c(=O)c(C(=O)NCc3ccc(F)cc3F)cn2C[C@@H]2N1CC1CCCN12. The number of rotatable bonds is 3. The molecule has 5 rings (SSSR count). The lowest BCUT2D eigenvalue weighted by Gasteiger charge is -2.38. The van der Waals surface area contributed by atoms with Crippen molar-refractivity contribution >= 4 is 11.6 Å². The van der Waals surface area contributed by atoms with Crippen LogP contribution in [-0.4, -0.2) is 50.7 Å². The van der Waals surface area contributed by atoms with Crippen LogP contribution >= 0.6 is 0 Å². The molecule has 7 nitrogen and oxygen atoms in total. The van der Waals surface area contributed by atoms with Crippen molar-refractivity contribution in [3.8, 4) is 5.75 Å². The van der Waals surface area contributed by atoms with Gasteiger partial charge in [-0.05, 0) is 18.9 Å². The molecule has 2 aromatic rings. The third-order valence-electron chi connectivity index (χ3n) is 6.51. The fourth-order valence-corrected chi connectivity index (χ4v) is 4.97. The average molecular weight is 428 g/mol. The standard InChI is InChI=1S/C22H22F2N4O3/c1-12-19-21(30)20(29)16(22(31)25-8-13-4-5-14(23)7-17(13)24)10-26(19)11-18-27-6-2-3-15(27)9-28(12)18/h4-5,7,10,15,18,30H,1-3,6,8-9,11H2,(H,25,31)/t15?,18-/m0/s1. The average Bonchev–Trinajstić information content (AvgIpc) is 3.32. The molecule has 0 spiro atoms. The quantitative estimate of drug-likeness (QED) is 0.781. The highest BCUT2D eigenvalue weighted by Gasteiger charge is 2.45. The number of nitrogens with zero attached hydrogens (tertiary/aromatic N) is 3. The van der Waals surface area contributed by atoms with Crippen molar-refractivity contribution in [1.29, 1.82) is 0 Å². The topological polar surface area (TPSA) is 77.8 Å². The maximum Gasteiger partial charge on any atom is 0.257 e. The minimum atomic E-state index is -0.803. The summed E-state index contributed by atoms with van der Waals surface area (Å²) in [5.74, 6) is -2.76. The van der Waals surface area contributed by atoms with Gasteiger partial charge in [0.05, 0.1) is 12.2 Å². The van der Waals surface area contributed by atoms with E-state index in [1.807, 2.05) is 0 Å². The summed E-state index contributed by atoms with van der Waals surface area (Å²) in [6.07, 6.45) is 3.74. The van der Waals surface area contributed by atoms with E-state index < -0.39 is 28.7 Å². The number of aromatic nitrogens is 1. The van der Waals surface area contributed by atoms with Crippen LogP contribution in [-0.2, 0) is 13.1 Å². The highest BCUT2D eigenvalue weighted by molar-refractivity contribution is 5.94. The van der Waals surface area contributed by atoms with E-state index in [1.165, 1.54) is 12.3 Å². The van der Waals surface area contributed by atoms with Crippen LogP contribution in [0.2, 0.25) is 0 Å². The largest absolute Gasteiger partial charge is 0.503 e. The normalized spacial score (nSPS) is 22.3. The number of halogens is 2. The fourth-order valence-electron chi connectivity index (χ4n) is 4.97. The van der Waals surface area contributed by atoms with Crippen molar-refractivity contribution in [2.75, 3.05) is 13.1 Å². The molecule has 1 aromatic carbocycles. The van der Waals surface area contributed by atoms with E-state index in [2.05, 4.69) is 21.7 Å². The molecule has 9 heteroatoms. The van der Waals surface area contributed by atoms with Gasteiger partial charge in [-0.15, -0.1) is 0 Å². The minimum absolute atomic E-state index is 0.0682. The van der Waals surface area contributed by atoms with Crippen molar-refractivity contribution in [3.05, 3.63) is 69.7 Å². The van der Waals surface area contributed by atoms with Crippen LogP contribution in [0.1, 0.15) is 34.5 Å². The predicted octanol–water partition coefficient (Wildman–Crippen LogP) is 1.85. The van der Waals surface area contributed by atoms with Gasteiger partial charge in [-0.3, -0.25) is 14.5 Å². The third-order valence-corrected chi connectivity index (χ3v) is 6.51. The number of carbonyl (C=O) groups excluding carboxylic acids is 1. The molecule has 0 bridgehead atoms. The monoisotopic (exact) mass is 428 g/mol. The molecule has 162 valence electrons. The summed E-state index contributed by atoms with van der Waals surface area (Å²) >= 11 is 0. The first-order chi connectivity index (χ1) is 14.8. The zero-order valence-corrected chi connectivity index (χ0v) is 16.8. The Labute approximate surface area is 177 Å². The van der Waals surface area contributed by atoms with Gasteiger partial charge < -0.3 is 19.9 Å². The van der Waals surface area contributed by atoms with Crippen LogP contribution < -0.4 is 10.7 Å². The molecular weight excluding hydrogens is 406 g/mol. The summed E-state index contributed by atoms with van der Waals surface area (Å²) in [5.41, 5.74) is -0.0557. The lowest BCUT2D eigenvalue weighted by molar-refractivity contribution is 0.0946. The molecule has 2 N–H and O–H groups in total. The molecule has 2 fully saturated rings. The molecule has 0 radical (unpaired) electrons. The van der Waals surface area contributed by atoms with E-state index in [0.717, 1.165) is 38.1 Å². The maximum atomic E-state index is 13.8. The number of nitrogens with one attached hydrogen (secondary N) is 1. The van der Waals surface area contributed by atoms with Crippen molar-refractivity contribution in [2.45, 2.75) is 38.1 Å². The Kier molecular flexibility index (Phi) is 4.58. The van der Waals surface area contributed by atoms with E-state index in [9.17, 15) is 23.5 Å². The van der Waals surface area contributed by atoms with Crippen LogP contribution in [0.15, 0.2) is 35.8 Å².